The lowest BCUT2D eigenvalue weighted by atomic mass is 9.93. The fourth-order valence-corrected chi connectivity index (χ4v) is 4.13. The first-order chi connectivity index (χ1) is 10.2. The molecule has 0 spiro atoms. The van der Waals surface area contributed by atoms with Crippen LogP contribution in [0, 0.1) is 0 Å². The molecule has 120 valence electrons. The van der Waals surface area contributed by atoms with Crippen molar-refractivity contribution in [2.45, 2.75) is 82.4 Å². The molecule has 0 aromatic carbocycles. The van der Waals surface area contributed by atoms with Gasteiger partial charge in [0.2, 0.25) is 0 Å². The third-order valence-electron chi connectivity index (χ3n) is 5.65. The average molecular weight is 294 g/mol. The lowest BCUT2D eigenvalue weighted by Gasteiger charge is -2.38. The highest BCUT2D eigenvalue weighted by Crippen LogP contribution is 2.27. The highest BCUT2D eigenvalue weighted by molar-refractivity contribution is 5.85. The van der Waals surface area contributed by atoms with E-state index < -0.39 is 5.60 Å². The Labute approximate surface area is 128 Å². The molecule has 1 N–H and O–H groups in total. The minimum atomic E-state index is -0.583. The van der Waals surface area contributed by atoms with Crippen LogP contribution in [0.4, 0.5) is 0 Å². The first kappa shape index (κ1) is 15.3. The summed E-state index contributed by atoms with van der Waals surface area (Å²) >= 11 is 0. The molecule has 1 saturated carbocycles. The number of hydrogen-bond acceptors (Lipinski definition) is 3. The molecule has 0 aromatic rings. The number of ether oxygens (including phenoxy) is 1. The zero-order valence-electron chi connectivity index (χ0n) is 13.4. The number of amides is 1. The van der Waals surface area contributed by atoms with Gasteiger partial charge in [0.05, 0.1) is 0 Å². The van der Waals surface area contributed by atoms with Crippen LogP contribution in [0.5, 0.6) is 0 Å². The molecule has 0 radical (unpaired) electrons. The van der Waals surface area contributed by atoms with Crippen LogP contribution in [0.2, 0.25) is 0 Å². The smallest absolute Gasteiger partial charge is 0.252 e. The van der Waals surface area contributed by atoms with Gasteiger partial charge in [-0.05, 0) is 51.9 Å². The standard InChI is InChI=1S/C17H30N2O2/c1-17(10-4-5-13-21-17)16(20)18-14-8-11-19(12-9-14)15-6-2-3-7-15/h14-15H,2-13H2,1H3,(H,18,20)/t17-/m0/s1. The fraction of sp³-hybridized carbons (Fsp3) is 0.941. The number of carbonyl (C=O) groups excluding carboxylic acids is 1. The predicted octanol–water partition coefficient (Wildman–Crippen LogP) is 2.47. The zero-order valence-corrected chi connectivity index (χ0v) is 13.4. The number of hydrogen-bond donors (Lipinski definition) is 1. The minimum absolute atomic E-state index is 0.113. The Morgan fingerprint density at radius 2 is 1.81 bits per heavy atom. The Balaban J connectivity index is 1.45. The third-order valence-corrected chi connectivity index (χ3v) is 5.65. The highest BCUT2D eigenvalue weighted by atomic mass is 16.5. The van der Waals surface area contributed by atoms with E-state index in [1.54, 1.807) is 0 Å². The maximum atomic E-state index is 12.5. The van der Waals surface area contributed by atoms with Gasteiger partial charge in [0.1, 0.15) is 5.60 Å². The van der Waals surface area contributed by atoms with Crippen molar-refractivity contribution < 1.29 is 9.53 Å². The Hall–Kier alpha value is -0.610. The van der Waals surface area contributed by atoms with Crippen molar-refractivity contribution in [2.75, 3.05) is 19.7 Å². The maximum absolute atomic E-state index is 12.5. The summed E-state index contributed by atoms with van der Waals surface area (Å²) < 4.78 is 5.75. The van der Waals surface area contributed by atoms with Crippen molar-refractivity contribution in [3.05, 3.63) is 0 Å². The first-order valence-electron chi connectivity index (χ1n) is 8.86. The predicted molar refractivity (Wildman–Crippen MR) is 83.2 cm³/mol. The molecular formula is C17H30N2O2. The summed E-state index contributed by atoms with van der Waals surface area (Å²) in [5, 5.41) is 3.25. The van der Waals surface area contributed by atoms with Gasteiger partial charge >= 0.3 is 0 Å². The molecule has 3 fully saturated rings. The number of rotatable bonds is 3. The monoisotopic (exact) mass is 294 g/mol. The molecule has 4 heteroatoms. The molecule has 2 saturated heterocycles. The van der Waals surface area contributed by atoms with E-state index in [0.29, 0.717) is 6.04 Å². The molecule has 4 nitrogen and oxygen atoms in total. The summed E-state index contributed by atoms with van der Waals surface area (Å²) in [6.45, 7) is 4.97. The van der Waals surface area contributed by atoms with Crippen molar-refractivity contribution in [1.29, 1.82) is 0 Å². The van der Waals surface area contributed by atoms with Gasteiger partial charge < -0.3 is 15.0 Å². The van der Waals surface area contributed by atoms with Gasteiger partial charge in [0.15, 0.2) is 0 Å². The Morgan fingerprint density at radius 1 is 1.10 bits per heavy atom. The second kappa shape index (κ2) is 6.66. The second-order valence-corrected chi connectivity index (χ2v) is 7.26. The van der Waals surface area contributed by atoms with Crippen LogP contribution >= 0.6 is 0 Å². The van der Waals surface area contributed by atoms with Crippen LogP contribution in [0.25, 0.3) is 0 Å². The summed E-state index contributed by atoms with van der Waals surface area (Å²) in [6.07, 6.45) is 10.8. The molecule has 21 heavy (non-hydrogen) atoms. The summed E-state index contributed by atoms with van der Waals surface area (Å²) in [6, 6.07) is 1.17. The molecule has 0 unspecified atom stereocenters. The van der Waals surface area contributed by atoms with Crippen LogP contribution in [-0.4, -0.2) is 48.2 Å². The SMILES string of the molecule is C[C@@]1(C(=O)NC2CCN(C3CCCC3)CC2)CCCCO1. The lowest BCUT2D eigenvalue weighted by Crippen LogP contribution is -2.54. The molecule has 3 rings (SSSR count). The Kier molecular flexibility index (Phi) is 4.85. The zero-order chi connectivity index (χ0) is 14.7. The first-order valence-corrected chi connectivity index (χ1v) is 8.86. The largest absolute Gasteiger partial charge is 0.365 e. The highest BCUT2D eigenvalue weighted by Gasteiger charge is 2.37. The van der Waals surface area contributed by atoms with Gasteiger partial charge in [-0.3, -0.25) is 4.79 Å². The summed E-state index contributed by atoms with van der Waals surface area (Å²) in [4.78, 5) is 15.1. The lowest BCUT2D eigenvalue weighted by molar-refractivity contribution is -0.151. The number of likely N-dealkylation sites (tertiary alicyclic amines) is 1. The fourth-order valence-electron chi connectivity index (χ4n) is 4.13. The van der Waals surface area contributed by atoms with Crippen molar-refractivity contribution in [2.24, 2.45) is 0 Å². The molecule has 2 heterocycles. The minimum Gasteiger partial charge on any atom is -0.365 e. The number of nitrogens with one attached hydrogen (secondary N) is 1. The van der Waals surface area contributed by atoms with Crippen LogP contribution in [0.1, 0.15) is 64.7 Å². The summed E-state index contributed by atoms with van der Waals surface area (Å²) in [5.74, 6) is 0.113. The van der Waals surface area contributed by atoms with Crippen molar-refractivity contribution in [3.63, 3.8) is 0 Å². The van der Waals surface area contributed by atoms with E-state index in [-0.39, 0.29) is 5.91 Å². The quantitative estimate of drug-likeness (QED) is 0.869. The molecule has 0 bridgehead atoms. The van der Waals surface area contributed by atoms with Crippen LogP contribution in [0.3, 0.4) is 0 Å². The van der Waals surface area contributed by atoms with Crippen molar-refractivity contribution in [3.8, 4) is 0 Å². The number of piperidine rings is 1. The van der Waals surface area contributed by atoms with E-state index in [0.717, 1.165) is 57.8 Å². The molecule has 1 atom stereocenters. The Bertz CT molecular complexity index is 352. The van der Waals surface area contributed by atoms with Gasteiger partial charge in [-0.15, -0.1) is 0 Å². The van der Waals surface area contributed by atoms with Crippen molar-refractivity contribution >= 4 is 5.91 Å². The number of nitrogens with zero attached hydrogens (tertiary/aromatic N) is 1. The van der Waals surface area contributed by atoms with E-state index >= 15 is 0 Å². The normalized spacial score (nSPS) is 33.2. The van der Waals surface area contributed by atoms with E-state index in [1.165, 1.54) is 25.7 Å². The van der Waals surface area contributed by atoms with E-state index in [2.05, 4.69) is 10.2 Å². The molecular weight excluding hydrogens is 264 g/mol. The van der Waals surface area contributed by atoms with Crippen LogP contribution < -0.4 is 5.32 Å². The summed E-state index contributed by atoms with van der Waals surface area (Å²) in [5.41, 5.74) is -0.583. The molecule has 1 aliphatic carbocycles. The number of carbonyl (C=O) groups is 1. The molecule has 0 aromatic heterocycles. The van der Waals surface area contributed by atoms with Crippen molar-refractivity contribution in [1.82, 2.24) is 10.2 Å². The topological polar surface area (TPSA) is 41.6 Å². The molecule has 2 aliphatic heterocycles. The Morgan fingerprint density at radius 3 is 2.43 bits per heavy atom. The van der Waals surface area contributed by atoms with Gasteiger partial charge in [0, 0.05) is 31.8 Å². The third kappa shape index (κ3) is 3.59. The van der Waals surface area contributed by atoms with E-state index in [9.17, 15) is 4.79 Å². The molecule has 1 amide bonds. The van der Waals surface area contributed by atoms with E-state index in [1.807, 2.05) is 6.92 Å². The maximum Gasteiger partial charge on any atom is 0.252 e. The second-order valence-electron chi connectivity index (χ2n) is 7.26. The van der Waals surface area contributed by atoms with E-state index in [4.69, 9.17) is 4.74 Å². The van der Waals surface area contributed by atoms with Crippen LogP contribution in [-0.2, 0) is 9.53 Å². The van der Waals surface area contributed by atoms with Gasteiger partial charge in [-0.25, -0.2) is 0 Å². The molecule has 3 aliphatic rings. The van der Waals surface area contributed by atoms with Gasteiger partial charge in [0.25, 0.3) is 5.91 Å². The van der Waals surface area contributed by atoms with Crippen LogP contribution in [0.15, 0.2) is 0 Å². The summed E-state index contributed by atoms with van der Waals surface area (Å²) in [7, 11) is 0. The average Bonchev–Trinajstić information content (AvgIpc) is 3.03. The van der Waals surface area contributed by atoms with Gasteiger partial charge in [-0.1, -0.05) is 12.8 Å². The van der Waals surface area contributed by atoms with Gasteiger partial charge in [-0.2, -0.15) is 0 Å².